The van der Waals surface area contributed by atoms with Gasteiger partial charge in [0.2, 0.25) is 11.8 Å². The van der Waals surface area contributed by atoms with Crippen molar-refractivity contribution in [1.29, 1.82) is 0 Å². The zero-order valence-electron chi connectivity index (χ0n) is 14.9. The standard InChI is InChI=1S/C16H23N7O2/c1-16(2,3)19-14(24)10-22(4)15(25)9-17-12-5-7-13(8-6-12)23-11-18-20-21-23/h5-8,11,17H,9-10H2,1-4H3,(H,19,24). The van der Waals surface area contributed by atoms with E-state index >= 15 is 0 Å². The second-order valence-corrected chi connectivity index (χ2v) is 6.70. The minimum Gasteiger partial charge on any atom is -0.376 e. The van der Waals surface area contributed by atoms with E-state index < -0.39 is 0 Å². The molecule has 2 amide bonds. The largest absolute Gasteiger partial charge is 0.376 e. The van der Waals surface area contributed by atoms with E-state index in [-0.39, 0.29) is 30.4 Å². The number of likely N-dealkylation sites (N-methyl/N-ethyl adjacent to an activating group) is 1. The number of aromatic nitrogens is 4. The Bertz CT molecular complexity index is 705. The molecule has 1 heterocycles. The highest BCUT2D eigenvalue weighted by Gasteiger charge is 2.17. The summed E-state index contributed by atoms with van der Waals surface area (Å²) in [5, 5.41) is 16.8. The third kappa shape index (κ3) is 5.87. The Kier molecular flexibility index (Phi) is 5.68. The van der Waals surface area contributed by atoms with Crippen LogP contribution in [0.5, 0.6) is 0 Å². The number of hydrogen-bond acceptors (Lipinski definition) is 6. The smallest absolute Gasteiger partial charge is 0.242 e. The molecule has 0 aliphatic carbocycles. The van der Waals surface area contributed by atoms with Crippen LogP contribution < -0.4 is 10.6 Å². The number of nitrogens with zero attached hydrogens (tertiary/aromatic N) is 5. The molecule has 0 aliphatic rings. The number of hydrogen-bond donors (Lipinski definition) is 2. The predicted molar refractivity (Wildman–Crippen MR) is 93.2 cm³/mol. The molecule has 9 heteroatoms. The van der Waals surface area contributed by atoms with Gasteiger partial charge in [0.1, 0.15) is 6.33 Å². The van der Waals surface area contributed by atoms with Crippen LogP contribution in [0.15, 0.2) is 30.6 Å². The summed E-state index contributed by atoms with van der Waals surface area (Å²) in [4.78, 5) is 25.4. The number of benzene rings is 1. The predicted octanol–water partition coefficient (Wildman–Crippen LogP) is 0.447. The molecule has 9 nitrogen and oxygen atoms in total. The first-order chi connectivity index (χ1) is 11.7. The van der Waals surface area contributed by atoms with Crippen LogP contribution in [-0.2, 0) is 9.59 Å². The molecular formula is C16H23N7O2. The highest BCUT2D eigenvalue weighted by molar-refractivity contribution is 5.86. The maximum atomic E-state index is 12.1. The van der Waals surface area contributed by atoms with Crippen LogP contribution in [0.25, 0.3) is 5.69 Å². The van der Waals surface area contributed by atoms with Crippen LogP contribution in [0, 0.1) is 0 Å². The average Bonchev–Trinajstić information content (AvgIpc) is 3.05. The average molecular weight is 345 g/mol. The van der Waals surface area contributed by atoms with E-state index in [0.717, 1.165) is 11.4 Å². The molecule has 1 aromatic heterocycles. The van der Waals surface area contributed by atoms with E-state index in [9.17, 15) is 9.59 Å². The zero-order valence-corrected chi connectivity index (χ0v) is 14.9. The number of carbonyl (C=O) groups excluding carboxylic acids is 2. The number of nitrogens with one attached hydrogen (secondary N) is 2. The third-order valence-corrected chi connectivity index (χ3v) is 3.25. The Morgan fingerprint density at radius 2 is 1.88 bits per heavy atom. The van der Waals surface area contributed by atoms with Gasteiger partial charge in [-0.3, -0.25) is 9.59 Å². The highest BCUT2D eigenvalue weighted by atomic mass is 16.2. The van der Waals surface area contributed by atoms with Gasteiger partial charge < -0.3 is 15.5 Å². The molecule has 1 aromatic carbocycles. The molecule has 2 aromatic rings. The van der Waals surface area contributed by atoms with Gasteiger partial charge in [-0.2, -0.15) is 0 Å². The highest BCUT2D eigenvalue weighted by Crippen LogP contribution is 2.11. The van der Waals surface area contributed by atoms with Crippen LogP contribution in [0.1, 0.15) is 20.8 Å². The summed E-state index contributed by atoms with van der Waals surface area (Å²) in [7, 11) is 1.60. The number of anilines is 1. The van der Waals surface area contributed by atoms with E-state index in [1.165, 1.54) is 15.9 Å². The summed E-state index contributed by atoms with van der Waals surface area (Å²) in [5.74, 6) is -0.359. The van der Waals surface area contributed by atoms with Crippen molar-refractivity contribution in [3.05, 3.63) is 30.6 Å². The second kappa shape index (κ2) is 7.73. The fraction of sp³-hybridized carbons (Fsp3) is 0.438. The SMILES string of the molecule is CN(CC(=O)NC(C)(C)C)C(=O)CNc1ccc(-n2cnnn2)cc1. The molecule has 2 N–H and O–H groups in total. The fourth-order valence-corrected chi connectivity index (χ4v) is 2.09. The van der Waals surface area contributed by atoms with Crippen molar-refractivity contribution >= 4 is 17.5 Å². The lowest BCUT2D eigenvalue weighted by Crippen LogP contribution is -2.47. The maximum absolute atomic E-state index is 12.1. The van der Waals surface area contributed by atoms with Crippen molar-refractivity contribution in [3.8, 4) is 5.69 Å². The van der Waals surface area contributed by atoms with E-state index in [1.54, 1.807) is 7.05 Å². The molecule has 0 atom stereocenters. The summed E-state index contributed by atoms with van der Waals surface area (Å²) in [6.45, 7) is 5.81. The van der Waals surface area contributed by atoms with Crippen molar-refractivity contribution in [3.63, 3.8) is 0 Å². The molecule has 0 radical (unpaired) electrons. The first-order valence-corrected chi connectivity index (χ1v) is 7.87. The van der Waals surface area contributed by atoms with Crippen molar-refractivity contribution < 1.29 is 9.59 Å². The minimum atomic E-state index is -0.319. The minimum absolute atomic E-state index is 0.0238. The van der Waals surface area contributed by atoms with Crippen LogP contribution in [0.2, 0.25) is 0 Å². The summed E-state index contributed by atoms with van der Waals surface area (Å²) < 4.78 is 1.54. The van der Waals surface area contributed by atoms with Crippen LogP contribution in [-0.4, -0.2) is 62.6 Å². The summed E-state index contributed by atoms with van der Waals surface area (Å²) in [5.41, 5.74) is 1.29. The van der Waals surface area contributed by atoms with Gasteiger partial charge in [-0.1, -0.05) is 0 Å². The number of rotatable bonds is 6. The van der Waals surface area contributed by atoms with Gasteiger partial charge in [0.25, 0.3) is 0 Å². The normalized spacial score (nSPS) is 11.0. The molecule has 25 heavy (non-hydrogen) atoms. The molecule has 0 aliphatic heterocycles. The van der Waals surface area contributed by atoms with E-state index in [4.69, 9.17) is 0 Å². The summed E-state index contributed by atoms with van der Waals surface area (Å²) >= 11 is 0. The summed E-state index contributed by atoms with van der Waals surface area (Å²) in [6.07, 6.45) is 1.50. The lowest BCUT2D eigenvalue weighted by Gasteiger charge is -2.23. The van der Waals surface area contributed by atoms with E-state index in [1.807, 2.05) is 45.0 Å². The van der Waals surface area contributed by atoms with Crippen molar-refractivity contribution in [2.24, 2.45) is 0 Å². The van der Waals surface area contributed by atoms with Gasteiger partial charge in [-0.25, -0.2) is 4.68 Å². The van der Waals surface area contributed by atoms with Gasteiger partial charge in [0, 0.05) is 18.3 Å². The van der Waals surface area contributed by atoms with Crippen LogP contribution in [0.3, 0.4) is 0 Å². The van der Waals surface area contributed by atoms with Crippen molar-refractivity contribution in [2.75, 3.05) is 25.5 Å². The fourth-order valence-electron chi connectivity index (χ4n) is 2.09. The van der Waals surface area contributed by atoms with Crippen molar-refractivity contribution in [1.82, 2.24) is 30.4 Å². The van der Waals surface area contributed by atoms with Crippen LogP contribution in [0.4, 0.5) is 5.69 Å². The maximum Gasteiger partial charge on any atom is 0.242 e. The lowest BCUT2D eigenvalue weighted by molar-refractivity contribution is -0.133. The first kappa shape index (κ1) is 18.4. The summed E-state index contributed by atoms with van der Waals surface area (Å²) in [6, 6.07) is 7.33. The third-order valence-electron chi connectivity index (χ3n) is 3.25. The van der Waals surface area contributed by atoms with E-state index in [0.29, 0.717) is 0 Å². The van der Waals surface area contributed by atoms with Gasteiger partial charge in [-0.15, -0.1) is 5.10 Å². The Morgan fingerprint density at radius 3 is 2.44 bits per heavy atom. The molecule has 0 bridgehead atoms. The molecule has 0 saturated heterocycles. The molecule has 0 unspecified atom stereocenters. The van der Waals surface area contributed by atoms with Gasteiger partial charge in [0.15, 0.2) is 0 Å². The van der Waals surface area contributed by atoms with Crippen molar-refractivity contribution in [2.45, 2.75) is 26.3 Å². The zero-order chi connectivity index (χ0) is 18.4. The quantitative estimate of drug-likeness (QED) is 0.787. The number of carbonyl (C=O) groups is 2. The number of tetrazole rings is 1. The molecule has 0 spiro atoms. The Labute approximate surface area is 146 Å². The van der Waals surface area contributed by atoms with Gasteiger partial charge in [-0.05, 0) is 55.5 Å². The molecule has 0 saturated carbocycles. The Balaban J connectivity index is 1.82. The molecular weight excluding hydrogens is 322 g/mol. The Morgan fingerprint density at radius 1 is 1.20 bits per heavy atom. The molecule has 134 valence electrons. The molecule has 2 rings (SSSR count). The molecule has 0 fully saturated rings. The topological polar surface area (TPSA) is 105 Å². The monoisotopic (exact) mass is 345 g/mol. The first-order valence-electron chi connectivity index (χ1n) is 7.87. The van der Waals surface area contributed by atoms with Crippen LogP contribution >= 0.6 is 0 Å². The van der Waals surface area contributed by atoms with Gasteiger partial charge >= 0.3 is 0 Å². The Hall–Kier alpha value is -2.97. The lowest BCUT2D eigenvalue weighted by atomic mass is 10.1. The van der Waals surface area contributed by atoms with Gasteiger partial charge in [0.05, 0.1) is 18.8 Å². The number of amides is 2. The second-order valence-electron chi connectivity index (χ2n) is 6.70. The van der Waals surface area contributed by atoms with E-state index in [2.05, 4.69) is 26.2 Å².